The van der Waals surface area contributed by atoms with E-state index in [1.807, 2.05) is 18.2 Å². The molecule has 0 fully saturated rings. The number of hydrogen-bond donors (Lipinski definition) is 0. The molecule has 0 saturated carbocycles. The van der Waals surface area contributed by atoms with Crippen LogP contribution >= 0.6 is 0 Å². The summed E-state index contributed by atoms with van der Waals surface area (Å²) >= 11 is 0. The molecule has 0 bridgehead atoms. The van der Waals surface area contributed by atoms with Crippen LogP contribution in [-0.4, -0.2) is 25.5 Å². The van der Waals surface area contributed by atoms with Crippen LogP contribution < -0.4 is 4.74 Å². The highest BCUT2D eigenvalue weighted by molar-refractivity contribution is 6.00. The molecule has 0 aliphatic carbocycles. The Bertz CT molecular complexity index is 890. The van der Waals surface area contributed by atoms with E-state index in [9.17, 15) is 9.59 Å². The molecule has 3 rings (SSSR count). The molecule has 2 aromatic carbocycles. The minimum atomic E-state index is -0.648. The topological polar surface area (TPSA) is 65.7 Å². The Labute approximate surface area is 138 Å². The summed E-state index contributed by atoms with van der Waals surface area (Å²) in [4.78, 5) is 24.3. The summed E-state index contributed by atoms with van der Waals surface area (Å²) in [5.74, 6) is -0.162. The molecule has 0 spiro atoms. The van der Waals surface area contributed by atoms with Gasteiger partial charge in [0.15, 0.2) is 12.4 Å². The molecule has 0 unspecified atom stereocenters. The molecule has 0 atom stereocenters. The van der Waals surface area contributed by atoms with Gasteiger partial charge in [0.1, 0.15) is 11.3 Å². The van der Waals surface area contributed by atoms with Crippen LogP contribution in [0.1, 0.15) is 26.5 Å². The fourth-order valence-corrected chi connectivity index (χ4v) is 2.43. The van der Waals surface area contributed by atoms with Gasteiger partial charge in [-0.3, -0.25) is 4.79 Å². The van der Waals surface area contributed by atoms with Crippen molar-refractivity contribution in [2.75, 3.05) is 13.7 Å². The maximum absolute atomic E-state index is 12.2. The summed E-state index contributed by atoms with van der Waals surface area (Å²) < 4.78 is 15.7. The zero-order valence-electron chi connectivity index (χ0n) is 13.4. The number of para-hydroxylation sites is 1. The first-order chi connectivity index (χ1) is 11.6. The van der Waals surface area contributed by atoms with Crippen molar-refractivity contribution in [1.29, 1.82) is 0 Å². The van der Waals surface area contributed by atoms with Gasteiger partial charge in [-0.05, 0) is 37.3 Å². The summed E-state index contributed by atoms with van der Waals surface area (Å²) in [6, 6.07) is 14.0. The molecular weight excluding hydrogens is 308 g/mol. The Kier molecular flexibility index (Phi) is 4.33. The number of carbonyl (C=O) groups is 2. The van der Waals surface area contributed by atoms with Gasteiger partial charge < -0.3 is 13.9 Å². The Hall–Kier alpha value is -3.08. The predicted molar refractivity (Wildman–Crippen MR) is 88.6 cm³/mol. The van der Waals surface area contributed by atoms with E-state index in [4.69, 9.17) is 13.9 Å². The predicted octanol–water partition coefficient (Wildman–Crippen LogP) is 3.79. The molecule has 1 aromatic heterocycles. The molecular formula is C19H16O5. The molecule has 0 N–H and O–H groups in total. The largest absolute Gasteiger partial charge is 0.497 e. The summed E-state index contributed by atoms with van der Waals surface area (Å²) in [5.41, 5.74) is 1.76. The first kappa shape index (κ1) is 15.8. The van der Waals surface area contributed by atoms with Crippen LogP contribution in [-0.2, 0) is 4.74 Å². The van der Waals surface area contributed by atoms with Crippen molar-refractivity contribution in [3.63, 3.8) is 0 Å². The van der Waals surface area contributed by atoms with Crippen LogP contribution in [0.5, 0.6) is 5.75 Å². The number of carbonyl (C=O) groups excluding carboxylic acids is 2. The zero-order valence-corrected chi connectivity index (χ0v) is 13.4. The second-order valence-corrected chi connectivity index (χ2v) is 5.28. The molecule has 3 aromatic rings. The highest BCUT2D eigenvalue weighted by Gasteiger charge is 2.20. The minimum absolute atomic E-state index is 0.124. The van der Waals surface area contributed by atoms with Crippen molar-refractivity contribution >= 4 is 22.7 Å². The highest BCUT2D eigenvalue weighted by atomic mass is 16.5. The lowest BCUT2D eigenvalue weighted by Crippen LogP contribution is -2.14. The van der Waals surface area contributed by atoms with Crippen molar-refractivity contribution < 1.29 is 23.5 Å². The summed E-state index contributed by atoms with van der Waals surface area (Å²) in [5, 5.41) is 0.853. The van der Waals surface area contributed by atoms with Crippen LogP contribution in [0, 0.1) is 6.92 Å². The number of benzene rings is 2. The van der Waals surface area contributed by atoms with Gasteiger partial charge in [0.05, 0.1) is 7.11 Å². The summed E-state index contributed by atoms with van der Waals surface area (Å²) in [6.45, 7) is 1.44. The minimum Gasteiger partial charge on any atom is -0.497 e. The molecule has 0 amide bonds. The van der Waals surface area contributed by atoms with Gasteiger partial charge in [0.2, 0.25) is 5.76 Å². The number of methoxy groups -OCH3 is 1. The van der Waals surface area contributed by atoms with Crippen molar-refractivity contribution in [3.8, 4) is 5.75 Å². The number of aryl methyl sites for hydroxylation is 1. The highest BCUT2D eigenvalue weighted by Crippen LogP contribution is 2.25. The lowest BCUT2D eigenvalue weighted by Gasteiger charge is -2.04. The van der Waals surface area contributed by atoms with E-state index < -0.39 is 5.97 Å². The smallest absolute Gasteiger partial charge is 0.375 e. The number of esters is 1. The van der Waals surface area contributed by atoms with Crippen LogP contribution in [0.3, 0.4) is 0 Å². The second kappa shape index (κ2) is 6.58. The fourth-order valence-electron chi connectivity index (χ4n) is 2.43. The van der Waals surface area contributed by atoms with Crippen molar-refractivity contribution in [1.82, 2.24) is 0 Å². The van der Waals surface area contributed by atoms with Crippen LogP contribution in [0.15, 0.2) is 52.9 Å². The van der Waals surface area contributed by atoms with E-state index in [0.717, 1.165) is 5.39 Å². The van der Waals surface area contributed by atoms with E-state index in [1.54, 1.807) is 44.4 Å². The van der Waals surface area contributed by atoms with E-state index >= 15 is 0 Å². The van der Waals surface area contributed by atoms with Crippen molar-refractivity contribution in [2.24, 2.45) is 0 Å². The third-order valence-electron chi connectivity index (χ3n) is 3.78. The van der Waals surface area contributed by atoms with Gasteiger partial charge in [-0.25, -0.2) is 4.79 Å². The summed E-state index contributed by atoms with van der Waals surface area (Å²) in [6.07, 6.45) is 0. The normalized spacial score (nSPS) is 10.6. The summed E-state index contributed by atoms with van der Waals surface area (Å²) in [7, 11) is 1.55. The molecule has 122 valence electrons. The maximum atomic E-state index is 12.2. The molecule has 5 heteroatoms. The molecule has 1 heterocycles. The zero-order chi connectivity index (χ0) is 17.1. The first-order valence-corrected chi connectivity index (χ1v) is 7.42. The Morgan fingerprint density at radius 2 is 1.75 bits per heavy atom. The number of fused-ring (bicyclic) bond motifs is 1. The van der Waals surface area contributed by atoms with Crippen molar-refractivity contribution in [3.05, 3.63) is 65.4 Å². The van der Waals surface area contributed by atoms with E-state index in [-0.39, 0.29) is 18.2 Å². The molecule has 5 nitrogen and oxygen atoms in total. The van der Waals surface area contributed by atoms with Crippen LogP contribution in [0.4, 0.5) is 0 Å². The lowest BCUT2D eigenvalue weighted by molar-refractivity contribution is 0.0445. The fraction of sp³-hybridized carbons (Fsp3) is 0.158. The number of Topliss-reactive ketones (excluding diaryl/α,β-unsaturated/α-hetero) is 1. The third kappa shape index (κ3) is 3.01. The number of ketones is 1. The standard InChI is InChI=1S/C19H16O5/c1-12-15-5-3-4-6-17(15)24-18(12)19(21)23-11-16(20)13-7-9-14(22-2)10-8-13/h3-10H,11H2,1-2H3. The number of ether oxygens (including phenoxy) is 2. The van der Waals surface area contributed by atoms with Gasteiger partial charge in [-0.2, -0.15) is 0 Å². The monoisotopic (exact) mass is 324 g/mol. The molecule has 0 radical (unpaired) electrons. The van der Waals surface area contributed by atoms with Crippen LogP contribution in [0.25, 0.3) is 11.0 Å². The Morgan fingerprint density at radius 1 is 1.04 bits per heavy atom. The quantitative estimate of drug-likeness (QED) is 0.528. The lowest BCUT2D eigenvalue weighted by atomic mass is 10.1. The molecule has 0 aliphatic rings. The van der Waals surface area contributed by atoms with E-state index in [2.05, 4.69) is 0 Å². The number of rotatable bonds is 5. The SMILES string of the molecule is COc1ccc(C(=O)COC(=O)c2oc3ccccc3c2C)cc1. The Morgan fingerprint density at radius 3 is 2.42 bits per heavy atom. The average molecular weight is 324 g/mol. The third-order valence-corrected chi connectivity index (χ3v) is 3.78. The van der Waals surface area contributed by atoms with E-state index in [0.29, 0.717) is 22.5 Å². The maximum Gasteiger partial charge on any atom is 0.375 e. The van der Waals surface area contributed by atoms with Gasteiger partial charge in [-0.1, -0.05) is 18.2 Å². The second-order valence-electron chi connectivity index (χ2n) is 5.28. The van der Waals surface area contributed by atoms with Gasteiger partial charge >= 0.3 is 5.97 Å². The molecule has 0 aliphatic heterocycles. The van der Waals surface area contributed by atoms with Crippen molar-refractivity contribution in [2.45, 2.75) is 6.92 Å². The van der Waals surface area contributed by atoms with Crippen LogP contribution in [0.2, 0.25) is 0 Å². The number of hydrogen-bond acceptors (Lipinski definition) is 5. The van der Waals surface area contributed by atoms with Gasteiger partial charge in [0.25, 0.3) is 0 Å². The molecule has 0 saturated heterocycles. The van der Waals surface area contributed by atoms with Gasteiger partial charge in [-0.15, -0.1) is 0 Å². The first-order valence-electron chi connectivity index (χ1n) is 7.42. The van der Waals surface area contributed by atoms with E-state index in [1.165, 1.54) is 0 Å². The average Bonchev–Trinajstić information content (AvgIpc) is 2.96. The van der Waals surface area contributed by atoms with Gasteiger partial charge in [0, 0.05) is 16.5 Å². The molecule has 24 heavy (non-hydrogen) atoms. The Balaban J connectivity index is 1.69. The number of furan rings is 1.